The fraction of sp³-hybridized carbons (Fsp3) is 0.333. The predicted octanol–water partition coefficient (Wildman–Crippen LogP) is 2.66. The Morgan fingerprint density at radius 1 is 1.21 bits per heavy atom. The van der Waals surface area contributed by atoms with E-state index in [-0.39, 0.29) is 41.8 Å². The fourth-order valence-electron chi connectivity index (χ4n) is 1.40. The molecule has 0 aliphatic heterocycles. The smallest absolute Gasteiger partial charge is 0.274 e. The first-order chi connectivity index (χ1) is 9.10. The first-order valence-corrected chi connectivity index (χ1v) is 6.21. The summed E-state index contributed by atoms with van der Waals surface area (Å²) in [6, 6.07) is 6.87. The van der Waals surface area contributed by atoms with E-state index in [1.807, 2.05) is 12.1 Å². The zero-order valence-electron chi connectivity index (χ0n) is 9.94. The van der Waals surface area contributed by atoms with Crippen LogP contribution < -0.4 is 0 Å². The van der Waals surface area contributed by atoms with E-state index in [0.717, 1.165) is 0 Å². The predicted molar refractivity (Wildman–Crippen MR) is 70.6 cm³/mol. The van der Waals surface area contributed by atoms with Crippen molar-refractivity contribution in [2.24, 2.45) is 0 Å². The summed E-state index contributed by atoms with van der Waals surface area (Å²) >= 11 is 11.6. The van der Waals surface area contributed by atoms with Gasteiger partial charge in [-0.3, -0.25) is 4.79 Å². The Bertz CT molecular complexity index is 530. The Balaban J connectivity index is 2.94. The van der Waals surface area contributed by atoms with Crippen molar-refractivity contribution in [1.82, 2.24) is 9.88 Å². The second-order valence-corrected chi connectivity index (χ2v) is 4.37. The van der Waals surface area contributed by atoms with Crippen LogP contribution in [0.4, 0.5) is 0 Å². The molecule has 1 amide bonds. The minimum atomic E-state index is -0.432. The minimum absolute atomic E-state index is 0.0325. The van der Waals surface area contributed by atoms with E-state index in [1.54, 1.807) is 0 Å². The average Bonchev–Trinajstić information content (AvgIpc) is 2.41. The summed E-state index contributed by atoms with van der Waals surface area (Å²) < 4.78 is 0. The number of halogens is 2. The summed E-state index contributed by atoms with van der Waals surface area (Å²) in [6.45, 7) is 0.447. The third-order valence-electron chi connectivity index (χ3n) is 2.29. The molecule has 7 heteroatoms. The summed E-state index contributed by atoms with van der Waals surface area (Å²) in [5.41, 5.74) is 0.0325. The van der Waals surface area contributed by atoms with Crippen molar-refractivity contribution in [2.45, 2.75) is 12.8 Å². The van der Waals surface area contributed by atoms with E-state index in [9.17, 15) is 4.79 Å². The number of amides is 1. The normalized spacial score (nSPS) is 9.47. The van der Waals surface area contributed by atoms with Gasteiger partial charge < -0.3 is 4.90 Å². The van der Waals surface area contributed by atoms with Gasteiger partial charge in [-0.25, -0.2) is 4.98 Å². The molecule has 5 nitrogen and oxygen atoms in total. The maximum Gasteiger partial charge on any atom is 0.274 e. The fourth-order valence-corrected chi connectivity index (χ4v) is 1.74. The van der Waals surface area contributed by atoms with E-state index in [2.05, 4.69) is 4.98 Å². The van der Waals surface area contributed by atoms with E-state index < -0.39 is 5.91 Å². The quantitative estimate of drug-likeness (QED) is 0.782. The van der Waals surface area contributed by atoms with Crippen LogP contribution in [-0.2, 0) is 0 Å². The Hall–Kier alpha value is -1.82. The lowest BCUT2D eigenvalue weighted by atomic mass is 10.2. The number of pyridine rings is 1. The van der Waals surface area contributed by atoms with Crippen molar-refractivity contribution in [3.63, 3.8) is 0 Å². The van der Waals surface area contributed by atoms with E-state index in [1.165, 1.54) is 17.0 Å². The van der Waals surface area contributed by atoms with Crippen molar-refractivity contribution in [2.75, 3.05) is 13.1 Å². The van der Waals surface area contributed by atoms with E-state index >= 15 is 0 Å². The molecule has 0 fully saturated rings. The van der Waals surface area contributed by atoms with Crippen LogP contribution in [0.3, 0.4) is 0 Å². The molecule has 1 rings (SSSR count). The SMILES string of the molecule is N#CCCN(CCC#N)C(=O)c1nc(Cl)ccc1Cl. The maximum atomic E-state index is 12.2. The standard InChI is InChI=1S/C12H10Cl2N4O/c13-9-3-4-10(14)17-11(9)12(19)18(7-1-5-15)8-2-6-16/h3-4H,1-2,7-8H2. The number of aromatic nitrogens is 1. The molecule has 0 unspecified atom stereocenters. The molecule has 1 aromatic heterocycles. The molecular weight excluding hydrogens is 287 g/mol. The van der Waals surface area contributed by atoms with Gasteiger partial charge in [0.05, 0.1) is 30.0 Å². The first-order valence-electron chi connectivity index (χ1n) is 5.45. The number of carbonyl (C=O) groups is 1. The second-order valence-electron chi connectivity index (χ2n) is 3.57. The lowest BCUT2D eigenvalue weighted by molar-refractivity contribution is 0.0757. The Kier molecular flexibility index (Phi) is 6.08. The highest BCUT2D eigenvalue weighted by Crippen LogP contribution is 2.18. The molecule has 0 radical (unpaired) electrons. The molecule has 0 aliphatic rings. The summed E-state index contributed by atoms with van der Waals surface area (Å²) in [4.78, 5) is 17.5. The van der Waals surface area contributed by atoms with Crippen LogP contribution in [0.5, 0.6) is 0 Å². The van der Waals surface area contributed by atoms with Crippen LogP contribution >= 0.6 is 23.2 Å². The largest absolute Gasteiger partial charge is 0.335 e. The molecule has 19 heavy (non-hydrogen) atoms. The summed E-state index contributed by atoms with van der Waals surface area (Å²) in [5.74, 6) is -0.432. The molecule has 0 saturated carbocycles. The van der Waals surface area contributed by atoms with Crippen molar-refractivity contribution < 1.29 is 4.79 Å². The van der Waals surface area contributed by atoms with Crippen LogP contribution in [0.25, 0.3) is 0 Å². The number of nitriles is 2. The van der Waals surface area contributed by atoms with Gasteiger partial charge in [-0.05, 0) is 12.1 Å². The highest BCUT2D eigenvalue weighted by molar-refractivity contribution is 6.34. The van der Waals surface area contributed by atoms with Crippen LogP contribution in [0.1, 0.15) is 23.3 Å². The zero-order chi connectivity index (χ0) is 14.3. The van der Waals surface area contributed by atoms with Gasteiger partial charge in [-0.2, -0.15) is 10.5 Å². The lowest BCUT2D eigenvalue weighted by Crippen LogP contribution is -2.33. The molecule has 0 atom stereocenters. The third kappa shape index (κ3) is 4.40. The van der Waals surface area contributed by atoms with Crippen molar-refractivity contribution >= 4 is 29.1 Å². The van der Waals surface area contributed by atoms with Crippen molar-refractivity contribution in [1.29, 1.82) is 10.5 Å². The third-order valence-corrected chi connectivity index (χ3v) is 2.80. The van der Waals surface area contributed by atoms with Gasteiger partial charge >= 0.3 is 0 Å². The second kappa shape index (κ2) is 7.58. The highest BCUT2D eigenvalue weighted by Gasteiger charge is 2.19. The summed E-state index contributed by atoms with van der Waals surface area (Å²) in [5, 5.41) is 17.5. The van der Waals surface area contributed by atoms with Gasteiger partial charge in [0.25, 0.3) is 5.91 Å². The molecule has 1 heterocycles. The number of hydrogen-bond acceptors (Lipinski definition) is 4. The molecule has 0 N–H and O–H groups in total. The number of rotatable bonds is 5. The molecule has 0 bridgehead atoms. The highest BCUT2D eigenvalue weighted by atomic mass is 35.5. The minimum Gasteiger partial charge on any atom is -0.335 e. The zero-order valence-corrected chi connectivity index (χ0v) is 11.4. The van der Waals surface area contributed by atoms with Gasteiger partial charge in [-0.15, -0.1) is 0 Å². The van der Waals surface area contributed by atoms with Gasteiger partial charge in [0.15, 0.2) is 0 Å². The molecule has 0 spiro atoms. The number of carbonyl (C=O) groups excluding carboxylic acids is 1. The molecule has 1 aromatic rings. The molecule has 0 aliphatic carbocycles. The molecule has 98 valence electrons. The Labute approximate surface area is 121 Å². The Morgan fingerprint density at radius 3 is 2.32 bits per heavy atom. The average molecular weight is 297 g/mol. The van der Waals surface area contributed by atoms with Gasteiger partial charge in [0, 0.05) is 13.1 Å². The first kappa shape index (κ1) is 15.2. The lowest BCUT2D eigenvalue weighted by Gasteiger charge is -2.20. The maximum absolute atomic E-state index is 12.2. The van der Waals surface area contributed by atoms with Crippen LogP contribution in [-0.4, -0.2) is 28.9 Å². The molecule has 0 saturated heterocycles. The van der Waals surface area contributed by atoms with Crippen LogP contribution in [0.2, 0.25) is 10.2 Å². The number of hydrogen-bond donors (Lipinski definition) is 0. The van der Waals surface area contributed by atoms with Crippen molar-refractivity contribution in [3.05, 3.63) is 28.0 Å². The topological polar surface area (TPSA) is 80.8 Å². The van der Waals surface area contributed by atoms with Gasteiger partial charge in [0.2, 0.25) is 0 Å². The molecular formula is C12H10Cl2N4O. The van der Waals surface area contributed by atoms with Crippen molar-refractivity contribution in [3.8, 4) is 12.1 Å². The van der Waals surface area contributed by atoms with Crippen LogP contribution in [0.15, 0.2) is 12.1 Å². The van der Waals surface area contributed by atoms with E-state index in [4.69, 9.17) is 33.7 Å². The van der Waals surface area contributed by atoms with Crippen LogP contribution in [0, 0.1) is 22.7 Å². The summed E-state index contributed by atoms with van der Waals surface area (Å²) in [7, 11) is 0. The monoisotopic (exact) mass is 296 g/mol. The van der Waals surface area contributed by atoms with Gasteiger partial charge in [0.1, 0.15) is 10.8 Å². The van der Waals surface area contributed by atoms with E-state index in [0.29, 0.717) is 0 Å². The summed E-state index contributed by atoms with van der Waals surface area (Å²) in [6.07, 6.45) is 0.352. The number of nitrogens with zero attached hydrogens (tertiary/aromatic N) is 4. The van der Waals surface area contributed by atoms with Gasteiger partial charge in [-0.1, -0.05) is 23.2 Å². The Morgan fingerprint density at radius 2 is 1.79 bits per heavy atom. The molecule has 0 aromatic carbocycles.